The number of aromatic nitrogens is 6. The van der Waals surface area contributed by atoms with Crippen molar-refractivity contribution < 1.29 is 0 Å². The van der Waals surface area contributed by atoms with Crippen LogP contribution in [0.1, 0.15) is 30.0 Å². The van der Waals surface area contributed by atoms with Gasteiger partial charge >= 0.3 is 0 Å². The Morgan fingerprint density at radius 1 is 1.08 bits per heavy atom. The number of imidazole rings is 1. The van der Waals surface area contributed by atoms with Crippen molar-refractivity contribution in [1.82, 2.24) is 29.1 Å². The third kappa shape index (κ3) is 2.79. The Morgan fingerprint density at radius 2 is 1.85 bits per heavy atom. The Balaban J connectivity index is 1.74. The van der Waals surface area contributed by atoms with Gasteiger partial charge in [-0.1, -0.05) is 30.3 Å². The second kappa shape index (κ2) is 6.22. The van der Waals surface area contributed by atoms with E-state index in [1.54, 1.807) is 0 Å². The smallest absolute Gasteiger partial charge is 0.178 e. The molecule has 4 rings (SSSR count). The summed E-state index contributed by atoms with van der Waals surface area (Å²) in [6, 6.07) is 10.2. The van der Waals surface area contributed by atoms with Gasteiger partial charge in [0.05, 0.1) is 17.1 Å². The van der Waals surface area contributed by atoms with E-state index >= 15 is 0 Å². The summed E-state index contributed by atoms with van der Waals surface area (Å²) < 4.78 is 3.85. The van der Waals surface area contributed by atoms with Gasteiger partial charge in [-0.2, -0.15) is 0 Å². The van der Waals surface area contributed by atoms with Gasteiger partial charge in [-0.3, -0.25) is 4.98 Å². The molecule has 0 saturated carbocycles. The molecule has 0 aliphatic heterocycles. The van der Waals surface area contributed by atoms with Gasteiger partial charge < -0.3 is 4.57 Å². The maximum absolute atomic E-state index is 4.75. The summed E-state index contributed by atoms with van der Waals surface area (Å²) in [5.41, 5.74) is 5.62. The van der Waals surface area contributed by atoms with Gasteiger partial charge in [0.1, 0.15) is 5.82 Å². The average molecular weight is 344 g/mol. The average Bonchev–Trinajstić information content (AvgIpc) is 3.25. The zero-order valence-corrected chi connectivity index (χ0v) is 15.3. The van der Waals surface area contributed by atoms with E-state index in [0.717, 1.165) is 39.7 Å². The molecule has 0 N–H and O–H groups in total. The number of allylic oxidation sites excluding steroid dienone is 1. The van der Waals surface area contributed by atoms with Crippen molar-refractivity contribution in [2.45, 2.75) is 20.8 Å². The van der Waals surface area contributed by atoms with Crippen LogP contribution in [0.5, 0.6) is 0 Å². The molecule has 6 heteroatoms. The number of rotatable bonds is 3. The molecule has 26 heavy (non-hydrogen) atoms. The lowest BCUT2D eigenvalue weighted by Gasteiger charge is -1.98. The van der Waals surface area contributed by atoms with Crippen molar-refractivity contribution in [1.29, 1.82) is 0 Å². The van der Waals surface area contributed by atoms with Crippen LogP contribution in [0, 0.1) is 13.8 Å². The first kappa shape index (κ1) is 16.2. The summed E-state index contributed by atoms with van der Waals surface area (Å²) in [6.07, 6.45) is 5.85. The SMILES string of the molecule is C/C(=C\c1nc(-c2ccccc2)cn1C)c1nc2c(C)ncc(C)n2n1. The Kier molecular flexibility index (Phi) is 3.88. The highest BCUT2D eigenvalue weighted by atomic mass is 15.3. The highest BCUT2D eigenvalue weighted by molar-refractivity contribution is 5.76. The van der Waals surface area contributed by atoms with Crippen molar-refractivity contribution in [3.05, 3.63) is 65.8 Å². The van der Waals surface area contributed by atoms with E-state index in [9.17, 15) is 0 Å². The van der Waals surface area contributed by atoms with Crippen LogP contribution < -0.4 is 0 Å². The number of hydrogen-bond donors (Lipinski definition) is 0. The Labute approximate surface area is 151 Å². The molecule has 6 nitrogen and oxygen atoms in total. The van der Waals surface area contributed by atoms with Crippen molar-refractivity contribution in [2.75, 3.05) is 0 Å². The zero-order valence-electron chi connectivity index (χ0n) is 15.3. The van der Waals surface area contributed by atoms with Crippen LogP contribution in [0.2, 0.25) is 0 Å². The first-order valence-electron chi connectivity index (χ1n) is 8.49. The standard InChI is InChI=1S/C20H20N6/c1-13(19-23-20-15(3)21-11-14(2)26(20)24-19)10-18-22-17(12-25(18)4)16-8-6-5-7-9-16/h5-12H,1-4H3/b13-10+. The van der Waals surface area contributed by atoms with Gasteiger partial charge in [-0.25, -0.2) is 14.5 Å². The number of aryl methyl sites for hydroxylation is 3. The maximum atomic E-state index is 4.75. The number of hydrogen-bond acceptors (Lipinski definition) is 4. The molecule has 1 aromatic carbocycles. The molecule has 130 valence electrons. The highest BCUT2D eigenvalue weighted by Crippen LogP contribution is 2.21. The molecule has 0 aliphatic rings. The van der Waals surface area contributed by atoms with E-state index in [4.69, 9.17) is 4.98 Å². The molecule has 3 heterocycles. The first-order chi connectivity index (χ1) is 12.5. The van der Waals surface area contributed by atoms with Crippen LogP contribution in [0.4, 0.5) is 0 Å². The van der Waals surface area contributed by atoms with E-state index < -0.39 is 0 Å². The second-order valence-electron chi connectivity index (χ2n) is 6.44. The third-order valence-electron chi connectivity index (χ3n) is 4.39. The normalized spacial score (nSPS) is 12.1. The fraction of sp³-hybridized carbons (Fsp3) is 0.200. The van der Waals surface area contributed by atoms with Gasteiger partial charge in [0, 0.05) is 25.0 Å². The highest BCUT2D eigenvalue weighted by Gasteiger charge is 2.12. The minimum absolute atomic E-state index is 0.688. The van der Waals surface area contributed by atoms with Gasteiger partial charge in [-0.15, -0.1) is 5.10 Å². The van der Waals surface area contributed by atoms with E-state index in [0.29, 0.717) is 5.82 Å². The van der Waals surface area contributed by atoms with Gasteiger partial charge in [-0.05, 0) is 32.4 Å². The predicted octanol–water partition coefficient (Wildman–Crippen LogP) is 3.70. The zero-order chi connectivity index (χ0) is 18.3. The summed E-state index contributed by atoms with van der Waals surface area (Å²) in [7, 11) is 1.99. The van der Waals surface area contributed by atoms with Crippen molar-refractivity contribution in [3.8, 4) is 11.3 Å². The van der Waals surface area contributed by atoms with Crippen LogP contribution in [0.15, 0.2) is 42.7 Å². The third-order valence-corrected chi connectivity index (χ3v) is 4.39. The number of nitrogens with zero attached hydrogens (tertiary/aromatic N) is 6. The molecular weight excluding hydrogens is 324 g/mol. The fourth-order valence-corrected chi connectivity index (χ4v) is 2.88. The summed E-state index contributed by atoms with van der Waals surface area (Å²) >= 11 is 0. The fourth-order valence-electron chi connectivity index (χ4n) is 2.88. The van der Waals surface area contributed by atoms with Crippen molar-refractivity contribution in [2.24, 2.45) is 7.05 Å². The lowest BCUT2D eigenvalue weighted by molar-refractivity contribution is 0.880. The molecule has 0 amide bonds. The van der Waals surface area contributed by atoms with Gasteiger partial charge in [0.2, 0.25) is 0 Å². The van der Waals surface area contributed by atoms with E-state index in [1.807, 2.05) is 73.6 Å². The number of benzene rings is 1. The van der Waals surface area contributed by atoms with Gasteiger partial charge in [0.15, 0.2) is 11.5 Å². The minimum atomic E-state index is 0.688. The topological polar surface area (TPSA) is 60.9 Å². The first-order valence-corrected chi connectivity index (χ1v) is 8.49. The molecular formula is C20H20N6. The molecule has 4 aromatic rings. The van der Waals surface area contributed by atoms with Gasteiger partial charge in [0.25, 0.3) is 0 Å². The Morgan fingerprint density at radius 3 is 2.58 bits per heavy atom. The largest absolute Gasteiger partial charge is 0.334 e. The molecule has 0 spiro atoms. The monoisotopic (exact) mass is 344 g/mol. The van der Waals surface area contributed by atoms with Crippen molar-refractivity contribution in [3.63, 3.8) is 0 Å². The molecule has 0 saturated heterocycles. The molecule has 0 aliphatic carbocycles. The molecule has 0 bridgehead atoms. The summed E-state index contributed by atoms with van der Waals surface area (Å²) in [6.45, 7) is 5.92. The van der Waals surface area contributed by atoms with Crippen LogP contribution in [-0.2, 0) is 7.05 Å². The molecule has 0 atom stereocenters. The summed E-state index contributed by atoms with van der Waals surface area (Å²) in [4.78, 5) is 13.7. The van der Waals surface area contributed by atoms with Crippen LogP contribution in [-0.4, -0.2) is 29.1 Å². The maximum Gasteiger partial charge on any atom is 0.178 e. The molecule has 0 radical (unpaired) electrons. The molecule has 0 fully saturated rings. The van der Waals surface area contributed by atoms with E-state index in [1.165, 1.54) is 0 Å². The Bertz CT molecular complexity index is 1080. The number of fused-ring (bicyclic) bond motifs is 1. The Hall–Kier alpha value is -3.28. The minimum Gasteiger partial charge on any atom is -0.334 e. The molecule has 0 unspecified atom stereocenters. The van der Waals surface area contributed by atoms with Crippen LogP contribution in [0.3, 0.4) is 0 Å². The predicted molar refractivity (Wildman–Crippen MR) is 102 cm³/mol. The van der Waals surface area contributed by atoms with E-state index in [2.05, 4.69) is 27.2 Å². The summed E-state index contributed by atoms with van der Waals surface area (Å²) in [5.74, 6) is 1.56. The second-order valence-corrected chi connectivity index (χ2v) is 6.44. The van der Waals surface area contributed by atoms with Crippen molar-refractivity contribution >= 4 is 17.3 Å². The van der Waals surface area contributed by atoms with Crippen LogP contribution in [0.25, 0.3) is 28.6 Å². The lowest BCUT2D eigenvalue weighted by Crippen LogP contribution is -1.97. The van der Waals surface area contributed by atoms with Crippen LogP contribution >= 0.6 is 0 Å². The summed E-state index contributed by atoms with van der Waals surface area (Å²) in [5, 5.41) is 4.62. The van der Waals surface area contributed by atoms with E-state index in [-0.39, 0.29) is 0 Å². The molecule has 3 aromatic heterocycles. The lowest BCUT2D eigenvalue weighted by atomic mass is 10.2. The quantitative estimate of drug-likeness (QED) is 0.568.